The second-order valence-electron chi connectivity index (χ2n) is 4.47. The smallest absolute Gasteiger partial charge is 0.123 e. The lowest BCUT2D eigenvalue weighted by Gasteiger charge is -2.13. The van der Waals surface area contributed by atoms with Crippen molar-refractivity contribution >= 4 is 23.2 Å². The van der Waals surface area contributed by atoms with Gasteiger partial charge < -0.3 is 5.32 Å². The zero-order chi connectivity index (χ0) is 11.6. The summed E-state index contributed by atoms with van der Waals surface area (Å²) < 4.78 is 13.0. The van der Waals surface area contributed by atoms with E-state index >= 15 is 0 Å². The third-order valence-corrected chi connectivity index (χ3v) is 4.00. The van der Waals surface area contributed by atoms with Crippen molar-refractivity contribution in [2.24, 2.45) is 5.41 Å². The first-order valence-electron chi connectivity index (χ1n) is 5.36. The van der Waals surface area contributed by atoms with Crippen LogP contribution in [-0.2, 0) is 6.54 Å². The molecule has 0 atom stereocenters. The first-order chi connectivity index (χ1) is 7.65. The van der Waals surface area contributed by atoms with Gasteiger partial charge in [-0.3, -0.25) is 0 Å². The van der Waals surface area contributed by atoms with Crippen LogP contribution in [0.1, 0.15) is 18.4 Å². The average Bonchev–Trinajstić information content (AvgIpc) is 3.04. The summed E-state index contributed by atoms with van der Waals surface area (Å²) in [4.78, 5) is 0. The van der Waals surface area contributed by atoms with E-state index < -0.39 is 0 Å². The molecule has 0 spiro atoms. The molecule has 0 saturated heterocycles. The van der Waals surface area contributed by atoms with Gasteiger partial charge in [0, 0.05) is 24.0 Å². The molecule has 1 aromatic carbocycles. The van der Waals surface area contributed by atoms with Crippen molar-refractivity contribution in [1.82, 2.24) is 5.32 Å². The van der Waals surface area contributed by atoms with Crippen molar-refractivity contribution in [3.63, 3.8) is 0 Å². The van der Waals surface area contributed by atoms with Gasteiger partial charge in [-0.1, -0.05) is 11.6 Å². The van der Waals surface area contributed by atoms with Gasteiger partial charge in [0.05, 0.1) is 0 Å². The molecule has 1 N–H and O–H groups in total. The highest BCUT2D eigenvalue weighted by Crippen LogP contribution is 2.45. The molecule has 0 heterocycles. The minimum Gasteiger partial charge on any atom is -0.312 e. The van der Waals surface area contributed by atoms with Crippen LogP contribution in [0.5, 0.6) is 0 Å². The molecule has 0 radical (unpaired) electrons. The van der Waals surface area contributed by atoms with Gasteiger partial charge in [-0.2, -0.15) is 0 Å². The lowest BCUT2D eigenvalue weighted by Crippen LogP contribution is -2.24. The van der Waals surface area contributed by atoms with Gasteiger partial charge in [0.2, 0.25) is 0 Å². The fourth-order valence-corrected chi connectivity index (χ4v) is 2.22. The fourth-order valence-electron chi connectivity index (χ4n) is 1.68. The van der Waals surface area contributed by atoms with E-state index in [1.807, 2.05) is 0 Å². The quantitative estimate of drug-likeness (QED) is 0.799. The van der Waals surface area contributed by atoms with E-state index in [4.69, 9.17) is 23.2 Å². The summed E-state index contributed by atoms with van der Waals surface area (Å²) in [6, 6.07) is 4.42. The maximum Gasteiger partial charge on any atom is 0.123 e. The van der Waals surface area contributed by atoms with E-state index in [1.165, 1.54) is 25.0 Å². The highest BCUT2D eigenvalue weighted by atomic mass is 35.5. The van der Waals surface area contributed by atoms with Gasteiger partial charge in [-0.25, -0.2) is 4.39 Å². The van der Waals surface area contributed by atoms with Gasteiger partial charge in [0.1, 0.15) is 5.82 Å². The maximum absolute atomic E-state index is 13.0. The number of rotatable bonds is 5. The molecular weight excluding hydrogens is 248 g/mol. The summed E-state index contributed by atoms with van der Waals surface area (Å²) in [7, 11) is 0. The van der Waals surface area contributed by atoms with Crippen molar-refractivity contribution in [1.29, 1.82) is 0 Å². The molecule has 1 nitrogen and oxygen atoms in total. The molecule has 1 aliphatic rings. The Morgan fingerprint density at radius 3 is 2.75 bits per heavy atom. The van der Waals surface area contributed by atoms with Crippen LogP contribution in [0.4, 0.5) is 4.39 Å². The van der Waals surface area contributed by atoms with Crippen molar-refractivity contribution in [2.75, 3.05) is 12.4 Å². The normalized spacial score (nSPS) is 17.4. The van der Waals surface area contributed by atoms with E-state index in [1.54, 1.807) is 6.07 Å². The predicted molar refractivity (Wildman–Crippen MR) is 65.5 cm³/mol. The minimum atomic E-state index is -0.250. The van der Waals surface area contributed by atoms with Gasteiger partial charge >= 0.3 is 0 Å². The van der Waals surface area contributed by atoms with Crippen LogP contribution in [0.3, 0.4) is 0 Å². The molecule has 1 aliphatic carbocycles. The minimum absolute atomic E-state index is 0.250. The van der Waals surface area contributed by atoms with Crippen LogP contribution in [0.2, 0.25) is 5.02 Å². The molecule has 4 heteroatoms. The number of alkyl halides is 1. The third-order valence-electron chi connectivity index (χ3n) is 3.06. The van der Waals surface area contributed by atoms with Crippen molar-refractivity contribution in [3.8, 4) is 0 Å². The number of benzene rings is 1. The van der Waals surface area contributed by atoms with E-state index in [-0.39, 0.29) is 11.2 Å². The van der Waals surface area contributed by atoms with E-state index in [0.717, 1.165) is 12.1 Å². The van der Waals surface area contributed by atoms with Gasteiger partial charge in [-0.15, -0.1) is 11.6 Å². The lowest BCUT2D eigenvalue weighted by molar-refractivity contribution is 0.504. The largest absolute Gasteiger partial charge is 0.312 e. The number of hydrogen-bond acceptors (Lipinski definition) is 1. The molecule has 1 aromatic rings. The second-order valence-corrected chi connectivity index (χ2v) is 5.15. The van der Waals surface area contributed by atoms with Crippen LogP contribution in [0.15, 0.2) is 18.2 Å². The highest BCUT2D eigenvalue weighted by molar-refractivity contribution is 6.31. The zero-order valence-electron chi connectivity index (χ0n) is 8.90. The molecule has 88 valence electrons. The Kier molecular flexibility index (Phi) is 3.73. The standard InChI is InChI=1S/C12H14Cl2FN/c13-7-12(3-4-12)8-16-6-9-5-10(15)1-2-11(9)14/h1-2,5,16H,3-4,6-8H2. The Bertz CT molecular complexity index is 377. The summed E-state index contributed by atoms with van der Waals surface area (Å²) >= 11 is 11.8. The molecule has 0 bridgehead atoms. The van der Waals surface area contributed by atoms with Crippen LogP contribution < -0.4 is 5.32 Å². The molecule has 0 amide bonds. The Labute approximate surface area is 105 Å². The monoisotopic (exact) mass is 261 g/mol. The van der Waals surface area contributed by atoms with Crippen LogP contribution in [0.25, 0.3) is 0 Å². The topological polar surface area (TPSA) is 12.0 Å². The highest BCUT2D eigenvalue weighted by Gasteiger charge is 2.41. The zero-order valence-corrected chi connectivity index (χ0v) is 10.4. The summed E-state index contributed by atoms with van der Waals surface area (Å²) in [5, 5.41) is 3.89. The van der Waals surface area contributed by atoms with Gasteiger partial charge in [0.25, 0.3) is 0 Å². The number of hydrogen-bond donors (Lipinski definition) is 1. The molecule has 0 aromatic heterocycles. The molecule has 16 heavy (non-hydrogen) atoms. The van der Waals surface area contributed by atoms with Crippen LogP contribution in [0, 0.1) is 11.2 Å². The second kappa shape index (κ2) is 4.91. The average molecular weight is 262 g/mol. The van der Waals surface area contributed by atoms with Gasteiger partial charge in [-0.05, 0) is 42.0 Å². The molecule has 1 saturated carbocycles. The Morgan fingerprint density at radius 1 is 1.38 bits per heavy atom. The van der Waals surface area contributed by atoms with Crippen molar-refractivity contribution < 1.29 is 4.39 Å². The third kappa shape index (κ3) is 2.88. The van der Waals surface area contributed by atoms with E-state index in [2.05, 4.69) is 5.32 Å². The Hall–Kier alpha value is -0.310. The first-order valence-corrected chi connectivity index (χ1v) is 6.27. The number of nitrogens with one attached hydrogen (secondary N) is 1. The van der Waals surface area contributed by atoms with Crippen molar-refractivity contribution in [2.45, 2.75) is 19.4 Å². The molecule has 0 aliphatic heterocycles. The molecule has 1 fully saturated rings. The Morgan fingerprint density at radius 2 is 2.12 bits per heavy atom. The summed E-state index contributed by atoms with van der Waals surface area (Å²) in [5.41, 5.74) is 1.08. The fraction of sp³-hybridized carbons (Fsp3) is 0.500. The molecular formula is C12H14Cl2FN. The van der Waals surface area contributed by atoms with E-state index in [0.29, 0.717) is 17.4 Å². The Balaban J connectivity index is 1.87. The predicted octanol–water partition coefficient (Wildman–Crippen LogP) is 3.59. The van der Waals surface area contributed by atoms with Crippen LogP contribution >= 0.6 is 23.2 Å². The SMILES string of the molecule is Fc1ccc(Cl)c(CNCC2(CCl)CC2)c1. The maximum atomic E-state index is 13.0. The van der Waals surface area contributed by atoms with E-state index in [9.17, 15) is 4.39 Å². The summed E-state index contributed by atoms with van der Waals surface area (Å²) in [5.74, 6) is 0.441. The van der Waals surface area contributed by atoms with Gasteiger partial charge in [0.15, 0.2) is 0 Å². The lowest BCUT2D eigenvalue weighted by atomic mass is 10.1. The summed E-state index contributed by atoms with van der Waals surface area (Å²) in [6.07, 6.45) is 2.36. The first kappa shape index (κ1) is 12.2. The van der Waals surface area contributed by atoms with Crippen LogP contribution in [-0.4, -0.2) is 12.4 Å². The molecule has 0 unspecified atom stereocenters. The number of halogens is 3. The molecule has 2 rings (SSSR count). The van der Waals surface area contributed by atoms with Crippen molar-refractivity contribution in [3.05, 3.63) is 34.6 Å². The summed E-state index contributed by atoms with van der Waals surface area (Å²) in [6.45, 7) is 1.47.